The molecule has 1 aromatic carbocycles. The fourth-order valence-corrected chi connectivity index (χ4v) is 3.80. The topological polar surface area (TPSA) is 145 Å². The molecule has 3 rings (SSSR count). The van der Waals surface area contributed by atoms with Gasteiger partial charge in [-0.2, -0.15) is 0 Å². The number of anilines is 2. The Bertz CT molecular complexity index is 1080. The standard InChI is InChI=1S/C14H15FN8O3S2/c1-8-17-21-22-23(8)11(7-9-3-5-10(15)6-4-9)12(24)16-13-18-19-14(27-13)20-28(2,25)26/h3-6,11H,7H2,1-2H3,(H,19,20)(H,16,18,24). The summed E-state index contributed by atoms with van der Waals surface area (Å²) in [6.07, 6.45) is 1.18. The molecule has 14 heteroatoms. The lowest BCUT2D eigenvalue weighted by Gasteiger charge is -2.16. The lowest BCUT2D eigenvalue weighted by Crippen LogP contribution is -2.29. The highest BCUT2D eigenvalue weighted by Gasteiger charge is 2.25. The lowest BCUT2D eigenvalue weighted by molar-refractivity contribution is -0.119. The Morgan fingerprint density at radius 1 is 1.21 bits per heavy atom. The average molecular weight is 426 g/mol. The van der Waals surface area contributed by atoms with E-state index in [9.17, 15) is 17.6 Å². The van der Waals surface area contributed by atoms with Gasteiger partial charge in [0.25, 0.3) is 5.91 Å². The van der Waals surface area contributed by atoms with E-state index in [4.69, 9.17) is 0 Å². The van der Waals surface area contributed by atoms with Crippen molar-refractivity contribution in [2.45, 2.75) is 19.4 Å². The number of tetrazole rings is 1. The van der Waals surface area contributed by atoms with Crippen molar-refractivity contribution >= 4 is 37.5 Å². The summed E-state index contributed by atoms with van der Waals surface area (Å²) in [6, 6.07) is 4.88. The zero-order valence-electron chi connectivity index (χ0n) is 14.7. The van der Waals surface area contributed by atoms with Gasteiger partial charge in [-0.3, -0.25) is 14.8 Å². The van der Waals surface area contributed by atoms with Gasteiger partial charge in [-0.05, 0) is 35.0 Å². The van der Waals surface area contributed by atoms with Crippen LogP contribution in [0.4, 0.5) is 14.7 Å². The first kappa shape index (κ1) is 19.8. The van der Waals surface area contributed by atoms with Crippen molar-refractivity contribution in [1.29, 1.82) is 0 Å². The van der Waals surface area contributed by atoms with Gasteiger partial charge in [-0.1, -0.05) is 23.5 Å². The second-order valence-electron chi connectivity index (χ2n) is 5.79. The third-order valence-electron chi connectivity index (χ3n) is 3.53. The highest BCUT2D eigenvalue weighted by Crippen LogP contribution is 2.23. The lowest BCUT2D eigenvalue weighted by atomic mass is 10.1. The molecule has 28 heavy (non-hydrogen) atoms. The van der Waals surface area contributed by atoms with Crippen LogP contribution in [-0.4, -0.2) is 51.0 Å². The quantitative estimate of drug-likeness (QED) is 0.563. The number of aryl methyl sites for hydroxylation is 1. The Morgan fingerprint density at radius 3 is 2.50 bits per heavy atom. The number of amides is 1. The molecule has 0 saturated heterocycles. The Hall–Kier alpha value is -3.00. The fourth-order valence-electron chi connectivity index (χ4n) is 2.32. The number of aromatic nitrogens is 6. The first-order valence-corrected chi connectivity index (χ1v) is 10.5. The molecule has 0 fully saturated rings. The molecule has 1 unspecified atom stereocenters. The van der Waals surface area contributed by atoms with Gasteiger partial charge in [0.1, 0.15) is 17.7 Å². The van der Waals surface area contributed by atoms with Gasteiger partial charge in [0, 0.05) is 6.42 Å². The molecule has 148 valence electrons. The molecule has 0 radical (unpaired) electrons. The first-order chi connectivity index (χ1) is 13.2. The van der Waals surface area contributed by atoms with Crippen molar-refractivity contribution in [3.63, 3.8) is 0 Å². The summed E-state index contributed by atoms with van der Waals surface area (Å²) in [5.74, 6) is -0.455. The second kappa shape index (κ2) is 7.93. The molecule has 1 atom stereocenters. The van der Waals surface area contributed by atoms with Crippen LogP contribution < -0.4 is 10.0 Å². The van der Waals surface area contributed by atoms with Crippen LogP contribution in [0.1, 0.15) is 17.4 Å². The van der Waals surface area contributed by atoms with Crippen LogP contribution in [0.2, 0.25) is 0 Å². The number of halogens is 1. The van der Waals surface area contributed by atoms with Gasteiger partial charge in [-0.25, -0.2) is 17.5 Å². The SMILES string of the molecule is Cc1nnnn1C(Cc1ccc(F)cc1)C(=O)Nc1nnc(NS(C)(=O)=O)s1. The maximum atomic E-state index is 13.1. The summed E-state index contributed by atoms with van der Waals surface area (Å²) >= 11 is 0.860. The molecule has 0 spiro atoms. The molecule has 0 saturated carbocycles. The molecule has 2 heterocycles. The molecule has 0 aliphatic heterocycles. The van der Waals surface area contributed by atoms with Crippen molar-refractivity contribution in [2.24, 2.45) is 0 Å². The highest BCUT2D eigenvalue weighted by atomic mass is 32.2. The molecule has 11 nitrogen and oxygen atoms in total. The number of benzene rings is 1. The summed E-state index contributed by atoms with van der Waals surface area (Å²) in [6.45, 7) is 1.64. The van der Waals surface area contributed by atoms with E-state index in [1.807, 2.05) is 0 Å². The minimum atomic E-state index is -3.51. The molecule has 0 aliphatic rings. The molecule has 2 N–H and O–H groups in total. The predicted octanol–water partition coefficient (Wildman–Crippen LogP) is 0.766. The van der Waals surface area contributed by atoms with Crippen LogP contribution in [0.25, 0.3) is 0 Å². The van der Waals surface area contributed by atoms with Crippen LogP contribution in [0.15, 0.2) is 24.3 Å². The summed E-state index contributed by atoms with van der Waals surface area (Å²) in [4.78, 5) is 12.8. The van der Waals surface area contributed by atoms with E-state index >= 15 is 0 Å². The Balaban J connectivity index is 1.81. The van der Waals surface area contributed by atoms with E-state index in [0.29, 0.717) is 11.4 Å². The zero-order valence-corrected chi connectivity index (χ0v) is 16.3. The number of carbonyl (C=O) groups excluding carboxylic acids is 1. The number of nitrogens with one attached hydrogen (secondary N) is 2. The predicted molar refractivity (Wildman–Crippen MR) is 98.7 cm³/mol. The molecule has 2 aromatic heterocycles. The van der Waals surface area contributed by atoms with Gasteiger partial charge >= 0.3 is 0 Å². The van der Waals surface area contributed by atoms with E-state index in [1.165, 1.54) is 16.8 Å². The first-order valence-electron chi connectivity index (χ1n) is 7.82. The van der Waals surface area contributed by atoms with Crippen LogP contribution in [0.3, 0.4) is 0 Å². The second-order valence-corrected chi connectivity index (χ2v) is 8.52. The van der Waals surface area contributed by atoms with Gasteiger partial charge in [0.05, 0.1) is 6.26 Å². The van der Waals surface area contributed by atoms with Crippen molar-refractivity contribution in [3.8, 4) is 0 Å². The number of hydrogen-bond donors (Lipinski definition) is 2. The Kier molecular flexibility index (Phi) is 5.60. The average Bonchev–Trinajstić information content (AvgIpc) is 3.21. The zero-order chi connectivity index (χ0) is 20.3. The van der Waals surface area contributed by atoms with E-state index < -0.39 is 22.0 Å². The molecule has 3 aromatic rings. The Morgan fingerprint density at radius 2 is 1.89 bits per heavy atom. The van der Waals surface area contributed by atoms with Gasteiger partial charge in [-0.15, -0.1) is 15.3 Å². The summed E-state index contributed by atoms with van der Waals surface area (Å²) in [7, 11) is -3.51. The summed E-state index contributed by atoms with van der Waals surface area (Å²) in [5.41, 5.74) is 0.702. The maximum absolute atomic E-state index is 13.1. The Labute approximate surface area is 163 Å². The van der Waals surface area contributed by atoms with Crippen molar-refractivity contribution in [3.05, 3.63) is 41.5 Å². The third-order valence-corrected chi connectivity index (χ3v) is 4.97. The van der Waals surface area contributed by atoms with Crippen molar-refractivity contribution in [1.82, 2.24) is 30.4 Å². The highest BCUT2D eigenvalue weighted by molar-refractivity contribution is 7.92. The minimum absolute atomic E-state index is 0.0199. The molecule has 1 amide bonds. The fraction of sp³-hybridized carbons (Fsp3) is 0.286. The minimum Gasteiger partial charge on any atom is -0.299 e. The van der Waals surface area contributed by atoms with Gasteiger partial charge < -0.3 is 0 Å². The molecule has 0 bridgehead atoms. The monoisotopic (exact) mass is 426 g/mol. The van der Waals surface area contributed by atoms with Crippen LogP contribution in [-0.2, 0) is 21.2 Å². The van der Waals surface area contributed by atoms with Crippen molar-refractivity contribution in [2.75, 3.05) is 16.3 Å². The number of nitrogens with zero attached hydrogens (tertiary/aromatic N) is 6. The van der Waals surface area contributed by atoms with Crippen LogP contribution in [0, 0.1) is 12.7 Å². The van der Waals surface area contributed by atoms with E-state index in [1.54, 1.807) is 19.1 Å². The maximum Gasteiger partial charge on any atom is 0.251 e. The van der Waals surface area contributed by atoms with E-state index in [2.05, 4.69) is 35.8 Å². The van der Waals surface area contributed by atoms with Crippen LogP contribution >= 0.6 is 11.3 Å². The van der Waals surface area contributed by atoms with Crippen LogP contribution in [0.5, 0.6) is 0 Å². The smallest absolute Gasteiger partial charge is 0.251 e. The van der Waals surface area contributed by atoms with E-state index in [0.717, 1.165) is 17.6 Å². The molecular formula is C14H15FN8O3S2. The summed E-state index contributed by atoms with van der Waals surface area (Å²) in [5, 5.41) is 21.3. The normalized spacial score (nSPS) is 12.5. The number of hydrogen-bond acceptors (Lipinski definition) is 9. The summed E-state index contributed by atoms with van der Waals surface area (Å²) < 4.78 is 39.2. The number of carbonyl (C=O) groups is 1. The number of rotatable bonds is 7. The van der Waals surface area contributed by atoms with Crippen molar-refractivity contribution < 1.29 is 17.6 Å². The van der Waals surface area contributed by atoms with Gasteiger partial charge in [0.2, 0.25) is 20.3 Å². The number of sulfonamides is 1. The molecule has 0 aliphatic carbocycles. The molecular weight excluding hydrogens is 411 g/mol. The van der Waals surface area contributed by atoms with E-state index in [-0.39, 0.29) is 22.5 Å². The van der Waals surface area contributed by atoms with Gasteiger partial charge in [0.15, 0.2) is 0 Å². The third kappa shape index (κ3) is 5.04. The largest absolute Gasteiger partial charge is 0.299 e.